The molecular weight excluding hydrogens is 318 g/mol. The third-order valence-electron chi connectivity index (χ3n) is 4.34. The molecule has 3 N–H and O–H groups in total. The summed E-state index contributed by atoms with van der Waals surface area (Å²) in [5.41, 5.74) is 9.50. The first-order valence-corrected chi connectivity index (χ1v) is 8.24. The first kappa shape index (κ1) is 17.1. The number of nitrogens with zero attached hydrogens (tertiary/aromatic N) is 1. The van der Waals surface area contributed by atoms with Gasteiger partial charge in [0.25, 0.3) is 5.91 Å². The highest BCUT2D eigenvalue weighted by Crippen LogP contribution is 2.32. The number of nitrogens with one attached hydrogen (secondary N) is 1. The third kappa shape index (κ3) is 3.24. The van der Waals surface area contributed by atoms with Crippen molar-refractivity contribution >= 4 is 28.5 Å². The van der Waals surface area contributed by atoms with E-state index in [1.54, 1.807) is 17.2 Å². The molecule has 1 aliphatic heterocycles. The molecule has 3 rings (SSSR count). The summed E-state index contributed by atoms with van der Waals surface area (Å²) in [5, 5.41) is 0.956. The predicted molar refractivity (Wildman–Crippen MR) is 97.2 cm³/mol. The number of benzene rings is 1. The van der Waals surface area contributed by atoms with Crippen LogP contribution in [0.3, 0.4) is 0 Å². The lowest BCUT2D eigenvalue weighted by atomic mass is 9.93. The normalized spacial score (nSPS) is 14.4. The van der Waals surface area contributed by atoms with Gasteiger partial charge in [0.15, 0.2) is 0 Å². The minimum Gasteiger partial charge on any atom is -0.444 e. The van der Waals surface area contributed by atoms with Gasteiger partial charge in [-0.05, 0) is 56.5 Å². The molecular formula is C19H23N3O3. The molecule has 2 aromatic rings. The van der Waals surface area contributed by atoms with Crippen LogP contribution in [0.2, 0.25) is 0 Å². The van der Waals surface area contributed by atoms with Crippen molar-refractivity contribution in [2.45, 2.75) is 33.3 Å². The first-order chi connectivity index (χ1) is 11.7. The van der Waals surface area contributed by atoms with Crippen molar-refractivity contribution in [2.24, 2.45) is 5.73 Å². The number of ether oxygens (including phenoxy) is 1. The Balaban J connectivity index is 1.85. The Morgan fingerprint density at radius 2 is 1.80 bits per heavy atom. The number of hydrogen-bond donors (Lipinski definition) is 2. The highest BCUT2D eigenvalue weighted by Gasteiger charge is 2.31. The van der Waals surface area contributed by atoms with E-state index in [2.05, 4.69) is 4.98 Å². The van der Waals surface area contributed by atoms with Gasteiger partial charge in [-0.1, -0.05) is 6.07 Å². The fourth-order valence-electron chi connectivity index (χ4n) is 2.99. The van der Waals surface area contributed by atoms with Crippen LogP contribution in [-0.4, -0.2) is 40.6 Å². The Morgan fingerprint density at radius 1 is 1.16 bits per heavy atom. The fourth-order valence-corrected chi connectivity index (χ4v) is 2.99. The van der Waals surface area contributed by atoms with Crippen molar-refractivity contribution in [1.82, 2.24) is 9.88 Å². The van der Waals surface area contributed by atoms with Crippen LogP contribution < -0.4 is 5.73 Å². The summed E-state index contributed by atoms with van der Waals surface area (Å²) in [6, 6.07) is 5.59. The Kier molecular flexibility index (Phi) is 4.06. The van der Waals surface area contributed by atoms with Crippen molar-refractivity contribution in [3.63, 3.8) is 0 Å². The average molecular weight is 341 g/mol. The van der Waals surface area contributed by atoms with E-state index in [4.69, 9.17) is 10.5 Å². The highest BCUT2D eigenvalue weighted by atomic mass is 16.6. The summed E-state index contributed by atoms with van der Waals surface area (Å²) in [6.07, 6.45) is 1.51. The number of rotatable bonds is 2. The fraction of sp³-hybridized carbons (Fsp3) is 0.368. The number of amides is 2. The molecule has 0 radical (unpaired) electrons. The van der Waals surface area contributed by atoms with Crippen LogP contribution in [-0.2, 0) is 4.74 Å². The van der Waals surface area contributed by atoms with Crippen molar-refractivity contribution in [1.29, 1.82) is 0 Å². The molecule has 1 fully saturated rings. The van der Waals surface area contributed by atoms with E-state index >= 15 is 0 Å². The van der Waals surface area contributed by atoms with E-state index in [0.717, 1.165) is 22.0 Å². The predicted octanol–water partition coefficient (Wildman–Crippen LogP) is 3.29. The van der Waals surface area contributed by atoms with Crippen molar-refractivity contribution in [2.75, 3.05) is 13.1 Å². The smallest absolute Gasteiger partial charge is 0.410 e. The lowest BCUT2D eigenvalue weighted by Gasteiger charge is -2.36. The summed E-state index contributed by atoms with van der Waals surface area (Å²) in [7, 11) is 0. The Morgan fingerprint density at radius 3 is 2.40 bits per heavy atom. The SMILES string of the molecule is CC(=C1CN(C(=O)OC(C)(C)C)C1)c1ccc(C(N)=O)c2[nH]ccc12. The molecule has 1 aromatic heterocycles. The highest BCUT2D eigenvalue weighted by molar-refractivity contribution is 6.07. The molecule has 0 atom stereocenters. The Hall–Kier alpha value is -2.76. The van der Waals surface area contributed by atoms with Crippen LogP contribution in [0.5, 0.6) is 0 Å². The number of allylic oxidation sites excluding steroid dienone is 1. The molecule has 2 amide bonds. The first-order valence-electron chi connectivity index (χ1n) is 8.24. The topological polar surface area (TPSA) is 88.4 Å². The number of hydrogen-bond acceptors (Lipinski definition) is 3. The van der Waals surface area contributed by atoms with Crippen LogP contribution in [0.1, 0.15) is 43.6 Å². The summed E-state index contributed by atoms with van der Waals surface area (Å²) >= 11 is 0. The second kappa shape index (κ2) is 5.95. The van der Waals surface area contributed by atoms with Crippen LogP contribution >= 0.6 is 0 Å². The lowest BCUT2D eigenvalue weighted by Crippen LogP contribution is -2.47. The van der Waals surface area contributed by atoms with Gasteiger partial charge in [0.05, 0.1) is 11.1 Å². The van der Waals surface area contributed by atoms with Crippen molar-refractivity contribution in [3.05, 3.63) is 41.1 Å². The molecule has 1 aliphatic rings. The summed E-state index contributed by atoms with van der Waals surface area (Å²) in [6.45, 7) is 8.72. The van der Waals surface area contributed by atoms with Crippen molar-refractivity contribution < 1.29 is 14.3 Å². The molecule has 1 saturated heterocycles. The average Bonchev–Trinajstić information content (AvgIpc) is 2.91. The number of likely N-dealkylation sites (tertiary alicyclic amines) is 1. The molecule has 6 nitrogen and oxygen atoms in total. The zero-order valence-electron chi connectivity index (χ0n) is 15.0. The zero-order chi connectivity index (χ0) is 18.4. The number of carbonyl (C=O) groups is 2. The standard InChI is InChI=1S/C19H23N3O3/c1-11(12-9-22(10-12)18(24)25-19(2,3)4)13-5-6-15(17(20)23)16-14(13)7-8-21-16/h5-8,21H,9-10H2,1-4H3,(H2,20,23). The molecule has 25 heavy (non-hydrogen) atoms. The van der Waals surface area contributed by atoms with Crippen LogP contribution in [0.15, 0.2) is 30.0 Å². The van der Waals surface area contributed by atoms with Gasteiger partial charge in [0.2, 0.25) is 0 Å². The zero-order valence-corrected chi connectivity index (χ0v) is 15.0. The quantitative estimate of drug-likeness (QED) is 0.878. The number of fused-ring (bicyclic) bond motifs is 1. The van der Waals surface area contributed by atoms with E-state index in [0.29, 0.717) is 18.7 Å². The van der Waals surface area contributed by atoms with Crippen LogP contribution in [0.25, 0.3) is 16.5 Å². The van der Waals surface area contributed by atoms with E-state index in [1.807, 2.05) is 39.8 Å². The molecule has 132 valence electrons. The maximum atomic E-state index is 12.1. The number of carbonyl (C=O) groups excluding carboxylic acids is 2. The minimum atomic E-state index is -0.493. The third-order valence-corrected chi connectivity index (χ3v) is 4.34. The van der Waals surface area contributed by atoms with Gasteiger partial charge in [0, 0.05) is 24.7 Å². The van der Waals surface area contributed by atoms with Gasteiger partial charge in [-0.3, -0.25) is 4.79 Å². The van der Waals surface area contributed by atoms with Gasteiger partial charge in [-0.15, -0.1) is 0 Å². The number of primary amides is 1. The van der Waals surface area contributed by atoms with Crippen LogP contribution in [0, 0.1) is 0 Å². The summed E-state index contributed by atoms with van der Waals surface area (Å²) in [4.78, 5) is 28.4. The van der Waals surface area contributed by atoms with Gasteiger partial charge in [0.1, 0.15) is 5.60 Å². The largest absolute Gasteiger partial charge is 0.444 e. The summed E-state index contributed by atoms with van der Waals surface area (Å²) < 4.78 is 5.38. The van der Waals surface area contributed by atoms with Crippen LogP contribution in [0.4, 0.5) is 4.79 Å². The number of aromatic nitrogens is 1. The molecule has 0 spiro atoms. The van der Waals surface area contributed by atoms with Gasteiger partial charge >= 0.3 is 6.09 Å². The van der Waals surface area contributed by atoms with E-state index in [-0.39, 0.29) is 6.09 Å². The maximum Gasteiger partial charge on any atom is 0.410 e. The second-order valence-corrected chi connectivity index (χ2v) is 7.36. The van der Waals surface area contributed by atoms with E-state index in [1.165, 1.54) is 5.57 Å². The molecule has 6 heteroatoms. The monoisotopic (exact) mass is 341 g/mol. The van der Waals surface area contributed by atoms with Gasteiger partial charge < -0.3 is 20.4 Å². The minimum absolute atomic E-state index is 0.292. The van der Waals surface area contributed by atoms with E-state index in [9.17, 15) is 9.59 Å². The Labute approximate surface area is 146 Å². The number of aromatic amines is 1. The van der Waals surface area contributed by atoms with E-state index < -0.39 is 11.5 Å². The number of H-pyrrole nitrogens is 1. The number of nitrogens with two attached hydrogens (primary N) is 1. The summed E-state index contributed by atoms with van der Waals surface area (Å²) in [5.74, 6) is -0.455. The molecule has 0 unspecified atom stereocenters. The second-order valence-electron chi connectivity index (χ2n) is 7.36. The maximum absolute atomic E-state index is 12.1. The van der Waals surface area contributed by atoms with Crippen molar-refractivity contribution in [3.8, 4) is 0 Å². The molecule has 1 aromatic carbocycles. The molecule has 2 heterocycles. The molecule has 0 aliphatic carbocycles. The molecule has 0 bridgehead atoms. The molecule has 0 saturated carbocycles. The van der Waals surface area contributed by atoms with Gasteiger partial charge in [-0.2, -0.15) is 0 Å². The van der Waals surface area contributed by atoms with Gasteiger partial charge in [-0.25, -0.2) is 4.79 Å². The Bertz CT molecular complexity index is 879. The lowest BCUT2D eigenvalue weighted by molar-refractivity contribution is 0.0215.